The lowest BCUT2D eigenvalue weighted by Crippen LogP contribution is -2.05. The first-order valence-corrected chi connectivity index (χ1v) is 4.49. The van der Waals surface area contributed by atoms with Gasteiger partial charge in [-0.25, -0.2) is 0 Å². The first kappa shape index (κ1) is 9.39. The molecule has 2 heterocycles. The minimum absolute atomic E-state index is 0.140. The zero-order chi connectivity index (χ0) is 10.7. The Labute approximate surface area is 86.5 Å². The van der Waals surface area contributed by atoms with Crippen molar-refractivity contribution in [1.82, 2.24) is 15.2 Å². The van der Waals surface area contributed by atoms with Crippen molar-refractivity contribution in [2.24, 2.45) is 0 Å². The molecule has 0 spiro atoms. The van der Waals surface area contributed by atoms with Gasteiger partial charge in [-0.15, -0.1) is 0 Å². The predicted molar refractivity (Wildman–Crippen MR) is 56.1 cm³/mol. The molecule has 0 atom stereocenters. The van der Waals surface area contributed by atoms with Crippen molar-refractivity contribution in [3.8, 4) is 11.3 Å². The van der Waals surface area contributed by atoms with Crippen molar-refractivity contribution in [2.75, 3.05) is 5.32 Å². The van der Waals surface area contributed by atoms with Crippen molar-refractivity contribution < 1.29 is 4.79 Å². The van der Waals surface area contributed by atoms with Gasteiger partial charge >= 0.3 is 0 Å². The number of H-pyrrole nitrogens is 1. The number of pyridine rings is 1. The third-order valence-electron chi connectivity index (χ3n) is 1.85. The molecule has 2 aromatic rings. The first-order chi connectivity index (χ1) is 7.25. The number of nitrogens with zero attached hydrogens (tertiary/aromatic N) is 2. The van der Waals surface area contributed by atoms with Crippen LogP contribution in [-0.2, 0) is 4.79 Å². The Morgan fingerprint density at radius 2 is 2.40 bits per heavy atom. The van der Waals surface area contributed by atoms with Crippen LogP contribution in [0.15, 0.2) is 30.6 Å². The van der Waals surface area contributed by atoms with Gasteiger partial charge in [0.1, 0.15) is 0 Å². The lowest BCUT2D eigenvalue weighted by atomic mass is 10.2. The van der Waals surface area contributed by atoms with Crippen LogP contribution in [0.3, 0.4) is 0 Å². The molecule has 0 radical (unpaired) electrons. The number of carbonyl (C=O) groups excluding carboxylic acids is 1. The van der Waals surface area contributed by atoms with E-state index in [9.17, 15) is 4.79 Å². The lowest BCUT2D eigenvalue weighted by Gasteiger charge is -1.93. The molecule has 0 saturated heterocycles. The molecular weight excluding hydrogens is 192 g/mol. The Morgan fingerprint density at radius 3 is 3.07 bits per heavy atom. The zero-order valence-corrected chi connectivity index (χ0v) is 8.19. The second-order valence-electron chi connectivity index (χ2n) is 3.09. The summed E-state index contributed by atoms with van der Waals surface area (Å²) in [6.07, 6.45) is 3.43. The summed E-state index contributed by atoms with van der Waals surface area (Å²) in [5, 5.41) is 9.36. The number of hydrogen-bond acceptors (Lipinski definition) is 3. The number of amides is 1. The van der Waals surface area contributed by atoms with E-state index in [2.05, 4.69) is 20.5 Å². The van der Waals surface area contributed by atoms with Gasteiger partial charge in [0.15, 0.2) is 5.82 Å². The Balaban J connectivity index is 2.24. The summed E-state index contributed by atoms with van der Waals surface area (Å²) in [4.78, 5) is 14.8. The highest BCUT2D eigenvalue weighted by molar-refractivity contribution is 5.88. The Bertz CT molecular complexity index is 463. The first-order valence-electron chi connectivity index (χ1n) is 4.49. The van der Waals surface area contributed by atoms with Crippen LogP contribution in [0.1, 0.15) is 6.92 Å². The number of carbonyl (C=O) groups is 1. The Kier molecular flexibility index (Phi) is 2.45. The molecule has 15 heavy (non-hydrogen) atoms. The quantitative estimate of drug-likeness (QED) is 0.773. The summed E-state index contributed by atoms with van der Waals surface area (Å²) in [7, 11) is 0. The number of rotatable bonds is 2. The fourth-order valence-corrected chi connectivity index (χ4v) is 1.24. The molecule has 0 unspecified atom stereocenters. The van der Waals surface area contributed by atoms with Crippen molar-refractivity contribution in [3.63, 3.8) is 0 Å². The predicted octanol–water partition coefficient (Wildman–Crippen LogP) is 1.43. The van der Waals surface area contributed by atoms with Gasteiger partial charge in [0.05, 0.1) is 5.69 Å². The van der Waals surface area contributed by atoms with Crippen LogP contribution in [0.25, 0.3) is 11.3 Å². The fraction of sp³-hybridized carbons (Fsp3) is 0.100. The van der Waals surface area contributed by atoms with E-state index in [4.69, 9.17) is 0 Å². The topological polar surface area (TPSA) is 70.7 Å². The van der Waals surface area contributed by atoms with E-state index in [1.54, 1.807) is 18.5 Å². The molecule has 0 aromatic carbocycles. The summed E-state index contributed by atoms with van der Waals surface area (Å²) in [6, 6.07) is 5.52. The summed E-state index contributed by atoms with van der Waals surface area (Å²) in [5.41, 5.74) is 1.76. The number of aromatic amines is 1. The molecular formula is C10H10N4O. The van der Waals surface area contributed by atoms with E-state index in [0.717, 1.165) is 11.3 Å². The molecule has 2 aromatic heterocycles. The highest BCUT2D eigenvalue weighted by Gasteiger charge is 2.03. The summed E-state index contributed by atoms with van der Waals surface area (Å²) >= 11 is 0. The number of aromatic nitrogens is 3. The zero-order valence-electron chi connectivity index (χ0n) is 8.19. The minimum Gasteiger partial charge on any atom is -0.309 e. The maximum Gasteiger partial charge on any atom is 0.222 e. The maximum absolute atomic E-state index is 10.8. The summed E-state index contributed by atoms with van der Waals surface area (Å²) in [6.45, 7) is 1.44. The van der Waals surface area contributed by atoms with Gasteiger partial charge in [0, 0.05) is 30.9 Å². The minimum atomic E-state index is -0.140. The van der Waals surface area contributed by atoms with E-state index >= 15 is 0 Å². The standard InChI is InChI=1S/C10H10N4O/c1-7(15)12-10-5-9(13-14-10)8-3-2-4-11-6-8/h2-6H,1H3,(H2,12,13,14,15). The normalized spacial score (nSPS) is 9.93. The van der Waals surface area contributed by atoms with Crippen molar-refractivity contribution >= 4 is 11.7 Å². The second-order valence-corrected chi connectivity index (χ2v) is 3.09. The number of hydrogen-bond donors (Lipinski definition) is 2. The van der Waals surface area contributed by atoms with Crippen LogP contribution in [-0.4, -0.2) is 21.1 Å². The van der Waals surface area contributed by atoms with Crippen LogP contribution in [0.5, 0.6) is 0 Å². The highest BCUT2D eigenvalue weighted by Crippen LogP contribution is 2.17. The van der Waals surface area contributed by atoms with Crippen molar-refractivity contribution in [3.05, 3.63) is 30.6 Å². The molecule has 2 N–H and O–H groups in total. The van der Waals surface area contributed by atoms with Gasteiger partial charge in [-0.3, -0.25) is 14.9 Å². The smallest absolute Gasteiger partial charge is 0.222 e. The molecule has 0 bridgehead atoms. The third kappa shape index (κ3) is 2.19. The molecule has 0 saturated carbocycles. The molecule has 5 heteroatoms. The van der Waals surface area contributed by atoms with E-state index in [1.807, 2.05) is 12.1 Å². The third-order valence-corrected chi connectivity index (χ3v) is 1.85. The molecule has 5 nitrogen and oxygen atoms in total. The molecule has 0 aliphatic heterocycles. The molecule has 2 rings (SSSR count). The SMILES string of the molecule is CC(=O)Nc1cc(-c2cccnc2)[nH]n1. The second kappa shape index (κ2) is 3.91. The van der Waals surface area contributed by atoms with Crippen LogP contribution in [0, 0.1) is 0 Å². The van der Waals surface area contributed by atoms with Gasteiger partial charge in [0.25, 0.3) is 0 Å². The van der Waals surface area contributed by atoms with Gasteiger partial charge < -0.3 is 5.32 Å². The highest BCUT2D eigenvalue weighted by atomic mass is 16.1. The Morgan fingerprint density at radius 1 is 1.53 bits per heavy atom. The lowest BCUT2D eigenvalue weighted by molar-refractivity contribution is -0.114. The van der Waals surface area contributed by atoms with Gasteiger partial charge in [-0.2, -0.15) is 5.10 Å². The Hall–Kier alpha value is -2.17. The largest absolute Gasteiger partial charge is 0.309 e. The fourth-order valence-electron chi connectivity index (χ4n) is 1.24. The van der Waals surface area contributed by atoms with Gasteiger partial charge in [0.2, 0.25) is 5.91 Å². The van der Waals surface area contributed by atoms with E-state index < -0.39 is 0 Å². The van der Waals surface area contributed by atoms with Crippen LogP contribution < -0.4 is 5.32 Å². The van der Waals surface area contributed by atoms with E-state index in [1.165, 1.54) is 6.92 Å². The molecule has 0 fully saturated rings. The monoisotopic (exact) mass is 202 g/mol. The number of anilines is 1. The van der Waals surface area contributed by atoms with Crippen LogP contribution in [0.4, 0.5) is 5.82 Å². The molecule has 0 aliphatic carbocycles. The average Bonchev–Trinajstić information content (AvgIpc) is 2.67. The van der Waals surface area contributed by atoms with Gasteiger partial charge in [-0.05, 0) is 12.1 Å². The molecule has 0 aliphatic rings. The van der Waals surface area contributed by atoms with E-state index in [0.29, 0.717) is 5.82 Å². The van der Waals surface area contributed by atoms with Crippen LogP contribution in [0.2, 0.25) is 0 Å². The van der Waals surface area contributed by atoms with E-state index in [-0.39, 0.29) is 5.91 Å². The maximum atomic E-state index is 10.8. The average molecular weight is 202 g/mol. The summed E-state index contributed by atoms with van der Waals surface area (Å²) < 4.78 is 0. The summed E-state index contributed by atoms with van der Waals surface area (Å²) in [5.74, 6) is 0.376. The van der Waals surface area contributed by atoms with Gasteiger partial charge in [-0.1, -0.05) is 0 Å². The number of nitrogens with one attached hydrogen (secondary N) is 2. The van der Waals surface area contributed by atoms with Crippen LogP contribution >= 0.6 is 0 Å². The molecule has 1 amide bonds. The van der Waals surface area contributed by atoms with Crippen molar-refractivity contribution in [1.29, 1.82) is 0 Å². The van der Waals surface area contributed by atoms with Crippen molar-refractivity contribution in [2.45, 2.75) is 6.92 Å². The molecule has 76 valence electrons.